The van der Waals surface area contributed by atoms with Gasteiger partial charge in [-0.3, -0.25) is 9.59 Å². The van der Waals surface area contributed by atoms with Gasteiger partial charge in [0.05, 0.1) is 46.0 Å². The van der Waals surface area contributed by atoms with E-state index in [2.05, 4.69) is 5.32 Å². The molecule has 2 amide bonds. The maximum Gasteiger partial charge on any atom is 0.275 e. The summed E-state index contributed by atoms with van der Waals surface area (Å²) in [7, 11) is 0. The standard InChI is InChI=1S/C23H37N3O5/c1-7-29-18-14-17(15-19(30-8-2)21(18)31-9-3)22(28)26-12-10-25(11-13-26)16-20(27)24-23(4,5)6/h14-15H,7-13,16H2,1-6H3,(H,24,27)/p+1. The van der Waals surface area contributed by atoms with Crippen molar-refractivity contribution in [3.05, 3.63) is 17.7 Å². The van der Waals surface area contributed by atoms with Crippen molar-refractivity contribution in [2.24, 2.45) is 0 Å². The van der Waals surface area contributed by atoms with Crippen LogP contribution in [0.2, 0.25) is 0 Å². The molecule has 1 aromatic rings. The van der Waals surface area contributed by atoms with E-state index in [-0.39, 0.29) is 17.4 Å². The first-order chi connectivity index (χ1) is 14.7. The molecule has 31 heavy (non-hydrogen) atoms. The van der Waals surface area contributed by atoms with Gasteiger partial charge in [0.1, 0.15) is 0 Å². The Labute approximate surface area is 185 Å². The normalized spacial score (nSPS) is 14.8. The first kappa shape index (κ1) is 24.8. The molecule has 0 bridgehead atoms. The second-order valence-corrected chi connectivity index (χ2v) is 8.62. The Morgan fingerprint density at radius 3 is 1.94 bits per heavy atom. The maximum atomic E-state index is 13.2. The number of quaternary nitrogens is 1. The van der Waals surface area contributed by atoms with Gasteiger partial charge in [-0.1, -0.05) is 0 Å². The Morgan fingerprint density at radius 2 is 1.48 bits per heavy atom. The highest BCUT2D eigenvalue weighted by Gasteiger charge is 2.28. The lowest BCUT2D eigenvalue weighted by atomic mass is 10.1. The van der Waals surface area contributed by atoms with Gasteiger partial charge in [0.2, 0.25) is 5.75 Å². The molecule has 2 N–H and O–H groups in total. The number of benzene rings is 1. The number of hydrogen-bond acceptors (Lipinski definition) is 5. The van der Waals surface area contributed by atoms with E-state index < -0.39 is 0 Å². The smallest absolute Gasteiger partial charge is 0.275 e. The number of carbonyl (C=O) groups excluding carboxylic acids is 2. The lowest BCUT2D eigenvalue weighted by Crippen LogP contribution is -3.16. The minimum absolute atomic E-state index is 0.0384. The summed E-state index contributed by atoms with van der Waals surface area (Å²) < 4.78 is 17.2. The zero-order chi connectivity index (χ0) is 23.0. The molecule has 0 unspecified atom stereocenters. The summed E-state index contributed by atoms with van der Waals surface area (Å²) >= 11 is 0. The van der Waals surface area contributed by atoms with Gasteiger partial charge >= 0.3 is 0 Å². The van der Waals surface area contributed by atoms with Crippen LogP contribution in [-0.2, 0) is 4.79 Å². The molecule has 0 spiro atoms. The van der Waals surface area contributed by atoms with Crippen molar-refractivity contribution in [1.29, 1.82) is 0 Å². The zero-order valence-electron chi connectivity index (χ0n) is 19.8. The third-order valence-corrected chi connectivity index (χ3v) is 4.84. The van der Waals surface area contributed by atoms with Crippen LogP contribution in [-0.4, -0.2) is 74.8 Å². The molecule has 1 heterocycles. The minimum atomic E-state index is -0.238. The molecule has 0 aliphatic carbocycles. The highest BCUT2D eigenvalue weighted by Crippen LogP contribution is 2.39. The van der Waals surface area contributed by atoms with Gasteiger partial charge in [-0.2, -0.15) is 0 Å². The molecule has 1 aliphatic heterocycles. The molecule has 0 radical (unpaired) electrons. The van der Waals surface area contributed by atoms with Gasteiger partial charge in [0.25, 0.3) is 11.8 Å². The van der Waals surface area contributed by atoms with E-state index in [1.807, 2.05) is 46.4 Å². The van der Waals surface area contributed by atoms with Gasteiger partial charge in [0.15, 0.2) is 18.0 Å². The zero-order valence-corrected chi connectivity index (χ0v) is 19.8. The van der Waals surface area contributed by atoms with E-state index >= 15 is 0 Å². The van der Waals surface area contributed by atoms with Crippen molar-refractivity contribution in [3.8, 4) is 17.2 Å². The maximum absolute atomic E-state index is 13.2. The van der Waals surface area contributed by atoms with Crippen LogP contribution in [0.3, 0.4) is 0 Å². The van der Waals surface area contributed by atoms with Crippen LogP contribution >= 0.6 is 0 Å². The van der Waals surface area contributed by atoms with Gasteiger partial charge in [0, 0.05) is 11.1 Å². The Morgan fingerprint density at radius 1 is 0.968 bits per heavy atom. The molecule has 174 valence electrons. The van der Waals surface area contributed by atoms with Crippen molar-refractivity contribution in [3.63, 3.8) is 0 Å². The molecule has 2 rings (SSSR count). The number of carbonyl (C=O) groups is 2. The van der Waals surface area contributed by atoms with E-state index in [0.717, 1.165) is 13.1 Å². The van der Waals surface area contributed by atoms with Gasteiger partial charge in [-0.15, -0.1) is 0 Å². The van der Waals surface area contributed by atoms with E-state index in [1.165, 1.54) is 4.90 Å². The molecular weight excluding hydrogens is 398 g/mol. The number of hydrogen-bond donors (Lipinski definition) is 2. The fourth-order valence-corrected chi connectivity index (χ4v) is 3.59. The summed E-state index contributed by atoms with van der Waals surface area (Å²) in [4.78, 5) is 28.4. The fourth-order valence-electron chi connectivity index (χ4n) is 3.59. The van der Waals surface area contributed by atoms with E-state index in [9.17, 15) is 9.59 Å². The lowest BCUT2D eigenvalue weighted by molar-refractivity contribution is -0.896. The van der Waals surface area contributed by atoms with Crippen LogP contribution < -0.4 is 24.4 Å². The molecular formula is C23H38N3O5+. The Hall–Kier alpha value is -2.48. The van der Waals surface area contributed by atoms with E-state index in [0.29, 0.717) is 62.3 Å². The second kappa shape index (κ2) is 11.2. The van der Waals surface area contributed by atoms with Crippen LogP contribution in [0, 0.1) is 0 Å². The molecule has 1 aliphatic rings. The van der Waals surface area contributed by atoms with Crippen molar-refractivity contribution >= 4 is 11.8 Å². The Balaban J connectivity index is 2.08. The molecule has 1 fully saturated rings. The molecule has 0 atom stereocenters. The first-order valence-corrected chi connectivity index (χ1v) is 11.2. The molecule has 0 saturated carbocycles. The van der Waals surface area contributed by atoms with Crippen LogP contribution in [0.25, 0.3) is 0 Å². The summed E-state index contributed by atoms with van der Waals surface area (Å²) in [5.74, 6) is 1.53. The van der Waals surface area contributed by atoms with Crippen LogP contribution in [0.5, 0.6) is 17.2 Å². The Bertz CT molecular complexity index is 725. The summed E-state index contributed by atoms with van der Waals surface area (Å²) in [6.07, 6.45) is 0. The number of rotatable bonds is 9. The fraction of sp³-hybridized carbons (Fsp3) is 0.652. The summed E-state index contributed by atoms with van der Waals surface area (Å²) in [6.45, 7) is 16.1. The highest BCUT2D eigenvalue weighted by molar-refractivity contribution is 5.95. The SMILES string of the molecule is CCOc1cc(C(=O)N2CC[NH+](CC(=O)NC(C)(C)C)CC2)cc(OCC)c1OCC. The first-order valence-electron chi connectivity index (χ1n) is 11.2. The van der Waals surface area contributed by atoms with Crippen molar-refractivity contribution in [2.75, 3.05) is 52.5 Å². The van der Waals surface area contributed by atoms with Gasteiger partial charge < -0.3 is 29.3 Å². The lowest BCUT2D eigenvalue weighted by Gasteiger charge is -2.32. The number of nitrogens with one attached hydrogen (secondary N) is 2. The molecule has 8 heteroatoms. The second-order valence-electron chi connectivity index (χ2n) is 8.62. The topological polar surface area (TPSA) is 81.5 Å². The quantitative estimate of drug-likeness (QED) is 0.607. The van der Waals surface area contributed by atoms with Gasteiger partial charge in [-0.25, -0.2) is 0 Å². The summed E-state index contributed by atoms with van der Waals surface area (Å²) in [5.41, 5.74) is 0.280. The van der Waals surface area contributed by atoms with E-state index in [1.54, 1.807) is 12.1 Å². The third kappa shape index (κ3) is 7.31. The number of amides is 2. The number of nitrogens with zero attached hydrogens (tertiary/aromatic N) is 1. The third-order valence-electron chi connectivity index (χ3n) is 4.84. The molecule has 1 saturated heterocycles. The van der Waals surface area contributed by atoms with Crippen LogP contribution in [0.1, 0.15) is 51.9 Å². The number of ether oxygens (including phenoxy) is 3. The van der Waals surface area contributed by atoms with E-state index in [4.69, 9.17) is 14.2 Å². The monoisotopic (exact) mass is 436 g/mol. The molecule has 1 aromatic carbocycles. The minimum Gasteiger partial charge on any atom is -0.490 e. The van der Waals surface area contributed by atoms with Crippen LogP contribution in [0.4, 0.5) is 0 Å². The van der Waals surface area contributed by atoms with Crippen molar-refractivity contribution in [2.45, 2.75) is 47.1 Å². The Kier molecular flexibility index (Phi) is 8.98. The average Bonchev–Trinajstić information content (AvgIpc) is 2.69. The molecule has 8 nitrogen and oxygen atoms in total. The average molecular weight is 437 g/mol. The largest absolute Gasteiger partial charge is 0.490 e. The van der Waals surface area contributed by atoms with Crippen molar-refractivity contribution in [1.82, 2.24) is 10.2 Å². The van der Waals surface area contributed by atoms with Crippen molar-refractivity contribution < 1.29 is 28.7 Å². The van der Waals surface area contributed by atoms with Gasteiger partial charge in [-0.05, 0) is 53.7 Å². The highest BCUT2D eigenvalue weighted by atomic mass is 16.5. The predicted octanol–water partition coefficient (Wildman–Crippen LogP) is 1.14. The summed E-state index contributed by atoms with van der Waals surface area (Å²) in [6, 6.07) is 3.46. The number of piperazine rings is 1. The predicted molar refractivity (Wildman–Crippen MR) is 119 cm³/mol. The van der Waals surface area contributed by atoms with Crippen LogP contribution in [0.15, 0.2) is 12.1 Å². The summed E-state index contributed by atoms with van der Waals surface area (Å²) in [5, 5.41) is 3.00. The molecule has 0 aromatic heterocycles.